The van der Waals surface area contributed by atoms with Crippen molar-refractivity contribution in [3.05, 3.63) is 42.0 Å². The fourth-order valence-corrected chi connectivity index (χ4v) is 8.76. The highest BCUT2D eigenvalue weighted by molar-refractivity contribution is 6.02. The molecule has 4 fully saturated rings. The summed E-state index contributed by atoms with van der Waals surface area (Å²) in [6.07, 6.45) is 5.60. The van der Waals surface area contributed by atoms with E-state index in [-0.39, 0.29) is 63.8 Å². The zero-order chi connectivity index (χ0) is 34.4. The quantitative estimate of drug-likeness (QED) is 0.257. The van der Waals surface area contributed by atoms with Crippen molar-refractivity contribution >= 4 is 27.5 Å². The number of aliphatic hydroxyl groups is 1. The van der Waals surface area contributed by atoms with Gasteiger partial charge in [-0.2, -0.15) is 9.97 Å². The summed E-state index contributed by atoms with van der Waals surface area (Å²) in [7, 11) is 1.41. The average Bonchev–Trinajstić information content (AvgIpc) is 3.74. The van der Waals surface area contributed by atoms with Gasteiger partial charge in [-0.25, -0.2) is 13.8 Å². The molecule has 1 saturated carbocycles. The largest absolute Gasteiger partial charge is 0.508 e. The van der Waals surface area contributed by atoms with Crippen molar-refractivity contribution in [3.8, 4) is 28.9 Å². The predicted octanol–water partition coefficient (Wildman–Crippen LogP) is 5.08. The smallest absolute Gasteiger partial charge is 0.319 e. The Morgan fingerprint density at radius 2 is 1.86 bits per heavy atom. The van der Waals surface area contributed by atoms with Crippen LogP contribution in [-0.4, -0.2) is 109 Å². The number of hydrogen-bond donors (Lipinski definition) is 2. The van der Waals surface area contributed by atoms with E-state index >= 15 is 8.78 Å². The number of aromatic nitrogens is 3. The number of rotatable bonds is 8. The Hall–Kier alpha value is -3.91. The van der Waals surface area contributed by atoms with Gasteiger partial charge in [0.1, 0.15) is 34.0 Å². The van der Waals surface area contributed by atoms with E-state index in [4.69, 9.17) is 23.9 Å². The van der Waals surface area contributed by atoms with Crippen LogP contribution >= 0.6 is 0 Å². The monoisotopic (exact) mass is 691 g/mol. The number of ether oxygens (including phenoxy) is 4. The number of aliphatic hydroxyl groups excluding tert-OH is 1. The number of aromatic hydroxyl groups is 1. The van der Waals surface area contributed by atoms with Crippen LogP contribution in [0.25, 0.3) is 32.9 Å². The standard InChI is InChI=1S/C37H43F2N5O6/c1-47-35-30-33(31(39)32(40-35)26-16-24(45)15-23-5-2-6-27(38)29(23)26)41-36(42-34(30)44-12-14-49-20-25(46)18-44)50-21-37-9-3-7-28(37)43(11-4-10-37)17-22-8-13-48-19-22/h2,5-6,15-16,22,25,28,45-46H,3-4,7-14,17-21H2,1H3. The molecule has 0 amide bonds. The van der Waals surface area contributed by atoms with Crippen LogP contribution in [0, 0.1) is 23.0 Å². The molecule has 1 aliphatic carbocycles. The van der Waals surface area contributed by atoms with Gasteiger partial charge in [-0.3, -0.25) is 4.90 Å². The molecule has 4 aliphatic rings. The lowest BCUT2D eigenvalue weighted by atomic mass is 9.75. The molecule has 50 heavy (non-hydrogen) atoms. The first-order valence-corrected chi connectivity index (χ1v) is 17.7. The number of methoxy groups -OCH3 is 1. The number of anilines is 1. The highest BCUT2D eigenvalue weighted by Gasteiger charge is 2.49. The summed E-state index contributed by atoms with van der Waals surface area (Å²) in [5.41, 5.74) is -0.380. The molecule has 0 bridgehead atoms. The number of halogens is 2. The van der Waals surface area contributed by atoms with Crippen molar-refractivity contribution in [3.63, 3.8) is 0 Å². The Balaban J connectivity index is 1.23. The first-order valence-electron chi connectivity index (χ1n) is 17.7. The number of hydrogen-bond acceptors (Lipinski definition) is 11. The molecule has 11 nitrogen and oxygen atoms in total. The summed E-state index contributed by atoms with van der Waals surface area (Å²) < 4.78 is 55.9. The van der Waals surface area contributed by atoms with Crippen LogP contribution in [-0.2, 0) is 9.47 Å². The van der Waals surface area contributed by atoms with Crippen molar-refractivity contribution < 1.29 is 37.9 Å². The molecule has 8 rings (SSSR count). The molecule has 5 heterocycles. The second-order valence-corrected chi connectivity index (χ2v) is 14.2. The lowest BCUT2D eigenvalue weighted by molar-refractivity contribution is -0.00804. The van der Waals surface area contributed by atoms with Gasteiger partial charge in [-0.05, 0) is 68.2 Å². The van der Waals surface area contributed by atoms with E-state index in [2.05, 4.69) is 14.9 Å². The van der Waals surface area contributed by atoms with E-state index in [0.29, 0.717) is 42.9 Å². The number of benzene rings is 2. The minimum absolute atomic E-state index is 0.00135. The van der Waals surface area contributed by atoms with Crippen molar-refractivity contribution in [2.24, 2.45) is 11.3 Å². The molecule has 266 valence electrons. The van der Waals surface area contributed by atoms with Crippen LogP contribution in [0.2, 0.25) is 0 Å². The Morgan fingerprint density at radius 3 is 2.70 bits per heavy atom. The van der Waals surface area contributed by atoms with Gasteiger partial charge in [-0.1, -0.05) is 18.6 Å². The third-order valence-corrected chi connectivity index (χ3v) is 11.0. The maximum absolute atomic E-state index is 17.0. The molecule has 3 aliphatic heterocycles. The summed E-state index contributed by atoms with van der Waals surface area (Å²) in [6, 6.07) is 7.52. The minimum atomic E-state index is -0.837. The van der Waals surface area contributed by atoms with Crippen molar-refractivity contribution in [2.75, 3.05) is 71.2 Å². The predicted molar refractivity (Wildman–Crippen MR) is 183 cm³/mol. The normalized spacial score (nSPS) is 26.0. The highest BCUT2D eigenvalue weighted by atomic mass is 19.1. The first-order chi connectivity index (χ1) is 24.3. The summed E-state index contributed by atoms with van der Waals surface area (Å²) in [6.45, 7) is 5.11. The number of fused-ring (bicyclic) bond motifs is 3. The number of nitrogens with zero attached hydrogens (tertiary/aromatic N) is 5. The average molecular weight is 692 g/mol. The van der Waals surface area contributed by atoms with Gasteiger partial charge in [0, 0.05) is 48.6 Å². The Labute approximate surface area is 289 Å². The van der Waals surface area contributed by atoms with Gasteiger partial charge in [0.05, 0.1) is 39.6 Å². The summed E-state index contributed by atoms with van der Waals surface area (Å²) in [5.74, 6) is -0.741. The van der Waals surface area contributed by atoms with Crippen LogP contribution in [0.1, 0.15) is 38.5 Å². The zero-order valence-corrected chi connectivity index (χ0v) is 28.2. The topological polar surface area (TPSA) is 123 Å². The molecule has 4 aromatic rings. The molecule has 4 unspecified atom stereocenters. The highest BCUT2D eigenvalue weighted by Crippen LogP contribution is 2.49. The number of β-amino-alcohol motifs (C(OH)–C–C–N with tert-alkyl or cyclic N) is 1. The molecule has 2 aromatic carbocycles. The summed E-state index contributed by atoms with van der Waals surface area (Å²) >= 11 is 0. The number of pyridine rings is 1. The van der Waals surface area contributed by atoms with Crippen molar-refractivity contribution in [2.45, 2.75) is 50.7 Å². The number of piperidine rings is 1. The number of phenolic OH excluding ortho intramolecular Hbond substituents is 1. The van der Waals surface area contributed by atoms with Crippen LogP contribution in [0.3, 0.4) is 0 Å². The van der Waals surface area contributed by atoms with Gasteiger partial charge < -0.3 is 34.1 Å². The number of phenols is 1. The van der Waals surface area contributed by atoms with Crippen LogP contribution in [0.4, 0.5) is 14.6 Å². The lowest BCUT2D eigenvalue weighted by Crippen LogP contribution is -2.53. The molecule has 13 heteroatoms. The fourth-order valence-electron chi connectivity index (χ4n) is 8.76. The van der Waals surface area contributed by atoms with E-state index < -0.39 is 17.7 Å². The Bertz CT molecular complexity index is 1890. The molecular weight excluding hydrogens is 648 g/mol. The molecular formula is C37H43F2N5O6. The molecule has 0 spiro atoms. The number of likely N-dealkylation sites (tertiary alicyclic amines) is 1. The van der Waals surface area contributed by atoms with E-state index in [9.17, 15) is 10.2 Å². The first kappa shape index (κ1) is 33.2. The van der Waals surface area contributed by atoms with Gasteiger partial charge >= 0.3 is 6.01 Å². The van der Waals surface area contributed by atoms with E-state index in [1.807, 2.05) is 4.90 Å². The van der Waals surface area contributed by atoms with Crippen LogP contribution < -0.4 is 14.4 Å². The van der Waals surface area contributed by atoms with Gasteiger partial charge in [0.15, 0.2) is 5.82 Å². The molecule has 3 saturated heterocycles. The van der Waals surface area contributed by atoms with Crippen LogP contribution in [0.15, 0.2) is 30.3 Å². The second kappa shape index (κ2) is 13.7. The molecule has 0 radical (unpaired) electrons. The van der Waals surface area contributed by atoms with Crippen molar-refractivity contribution in [1.82, 2.24) is 19.9 Å². The van der Waals surface area contributed by atoms with Crippen molar-refractivity contribution in [1.29, 1.82) is 0 Å². The maximum atomic E-state index is 17.0. The lowest BCUT2D eigenvalue weighted by Gasteiger charge is -2.46. The SMILES string of the molecule is COc1nc(-c2cc(O)cc3cccc(F)c23)c(F)c2nc(OCC34CCCC3N(CC3CCOC3)CCC4)nc(N3CCOCC(O)C3)c12. The zero-order valence-electron chi connectivity index (χ0n) is 28.2. The van der Waals surface area contributed by atoms with E-state index in [1.54, 1.807) is 6.07 Å². The third-order valence-electron chi connectivity index (χ3n) is 11.0. The minimum Gasteiger partial charge on any atom is -0.508 e. The van der Waals surface area contributed by atoms with Gasteiger partial charge in [0.25, 0.3) is 0 Å². The second-order valence-electron chi connectivity index (χ2n) is 14.2. The van der Waals surface area contributed by atoms with Gasteiger partial charge in [0.2, 0.25) is 5.88 Å². The van der Waals surface area contributed by atoms with Gasteiger partial charge in [-0.15, -0.1) is 0 Å². The molecule has 4 atom stereocenters. The summed E-state index contributed by atoms with van der Waals surface area (Å²) in [4.78, 5) is 18.5. The fraction of sp³-hybridized carbons (Fsp3) is 0.541. The maximum Gasteiger partial charge on any atom is 0.319 e. The van der Waals surface area contributed by atoms with E-state index in [1.165, 1.54) is 31.4 Å². The van der Waals surface area contributed by atoms with E-state index in [0.717, 1.165) is 64.8 Å². The van der Waals surface area contributed by atoms with Crippen LogP contribution in [0.5, 0.6) is 17.6 Å². The molecule has 2 aromatic heterocycles. The third kappa shape index (κ3) is 6.07. The molecule has 2 N–H and O–H groups in total. The summed E-state index contributed by atoms with van der Waals surface area (Å²) in [5, 5.41) is 21.9. The Morgan fingerprint density at radius 1 is 1.00 bits per heavy atom. The Kier molecular flexibility index (Phi) is 9.09.